The van der Waals surface area contributed by atoms with Gasteiger partial charge in [-0.05, 0) is 24.1 Å². The zero-order chi connectivity index (χ0) is 13.0. The second kappa shape index (κ2) is 6.02. The molecule has 0 aromatic heterocycles. The first-order valence-corrected chi connectivity index (χ1v) is 6.85. The van der Waals surface area contributed by atoms with E-state index < -0.39 is 0 Å². The first-order chi connectivity index (χ1) is 8.70. The van der Waals surface area contributed by atoms with Crippen molar-refractivity contribution in [3.8, 4) is 0 Å². The second-order valence-electron chi connectivity index (χ2n) is 4.13. The van der Waals surface area contributed by atoms with E-state index in [2.05, 4.69) is 0 Å². The lowest BCUT2D eigenvalue weighted by atomic mass is 10.2. The van der Waals surface area contributed by atoms with Gasteiger partial charge in [0.25, 0.3) is 0 Å². The van der Waals surface area contributed by atoms with Gasteiger partial charge in [-0.25, -0.2) is 0 Å². The number of aliphatic hydroxyl groups excluding tert-OH is 1. The van der Waals surface area contributed by atoms with Crippen LogP contribution in [0.15, 0.2) is 29.2 Å². The Morgan fingerprint density at radius 2 is 2.06 bits per heavy atom. The predicted molar refractivity (Wildman–Crippen MR) is 69.0 cm³/mol. The maximum atomic E-state index is 11.8. The zero-order valence-corrected chi connectivity index (χ0v) is 10.8. The molecular formula is C13H15NO3S. The highest BCUT2D eigenvalue weighted by Crippen LogP contribution is 2.20. The SMILES string of the molecule is O=C1CCCN1C(=O)CSc1ccc(CO)cc1. The second-order valence-corrected chi connectivity index (χ2v) is 5.18. The number of aliphatic hydroxyl groups is 1. The topological polar surface area (TPSA) is 57.6 Å². The van der Waals surface area contributed by atoms with E-state index in [0.717, 1.165) is 16.9 Å². The van der Waals surface area contributed by atoms with Crippen LogP contribution in [0.2, 0.25) is 0 Å². The molecule has 0 aliphatic carbocycles. The molecule has 0 atom stereocenters. The number of carbonyl (C=O) groups is 2. The van der Waals surface area contributed by atoms with Crippen LogP contribution in [0.25, 0.3) is 0 Å². The van der Waals surface area contributed by atoms with E-state index in [1.165, 1.54) is 16.7 Å². The summed E-state index contributed by atoms with van der Waals surface area (Å²) < 4.78 is 0. The highest BCUT2D eigenvalue weighted by molar-refractivity contribution is 8.00. The minimum atomic E-state index is -0.117. The Hall–Kier alpha value is -1.33. The van der Waals surface area contributed by atoms with Crippen molar-refractivity contribution in [2.45, 2.75) is 24.3 Å². The van der Waals surface area contributed by atoms with Gasteiger partial charge in [0.2, 0.25) is 11.8 Å². The van der Waals surface area contributed by atoms with Crippen LogP contribution in [0.5, 0.6) is 0 Å². The Morgan fingerprint density at radius 3 is 2.61 bits per heavy atom. The molecule has 0 unspecified atom stereocenters. The van der Waals surface area contributed by atoms with E-state index >= 15 is 0 Å². The van der Waals surface area contributed by atoms with Gasteiger partial charge in [-0.1, -0.05) is 12.1 Å². The summed E-state index contributed by atoms with van der Waals surface area (Å²) in [6.45, 7) is 0.577. The van der Waals surface area contributed by atoms with Crippen LogP contribution >= 0.6 is 11.8 Å². The first-order valence-electron chi connectivity index (χ1n) is 5.86. The van der Waals surface area contributed by atoms with Gasteiger partial charge in [0.1, 0.15) is 0 Å². The van der Waals surface area contributed by atoms with Crippen molar-refractivity contribution in [1.82, 2.24) is 4.90 Å². The average molecular weight is 265 g/mol. The molecule has 1 N–H and O–H groups in total. The maximum Gasteiger partial charge on any atom is 0.239 e. The summed E-state index contributed by atoms with van der Waals surface area (Å²) in [7, 11) is 0. The van der Waals surface area contributed by atoms with Gasteiger partial charge in [0.05, 0.1) is 12.4 Å². The van der Waals surface area contributed by atoms with Crippen LogP contribution in [0.4, 0.5) is 0 Å². The van der Waals surface area contributed by atoms with E-state index in [-0.39, 0.29) is 24.2 Å². The van der Waals surface area contributed by atoms with E-state index in [0.29, 0.717) is 13.0 Å². The summed E-state index contributed by atoms with van der Waals surface area (Å²) in [6.07, 6.45) is 1.27. The van der Waals surface area contributed by atoms with Crippen molar-refractivity contribution < 1.29 is 14.7 Å². The molecule has 18 heavy (non-hydrogen) atoms. The van der Waals surface area contributed by atoms with Crippen molar-refractivity contribution in [1.29, 1.82) is 0 Å². The number of nitrogens with zero attached hydrogens (tertiary/aromatic N) is 1. The zero-order valence-electron chi connectivity index (χ0n) is 9.96. The fourth-order valence-corrected chi connectivity index (χ4v) is 2.60. The van der Waals surface area contributed by atoms with E-state index in [4.69, 9.17) is 5.11 Å². The third kappa shape index (κ3) is 3.11. The van der Waals surface area contributed by atoms with E-state index in [9.17, 15) is 9.59 Å². The van der Waals surface area contributed by atoms with Crippen LogP contribution in [0.3, 0.4) is 0 Å². The lowest BCUT2D eigenvalue weighted by molar-refractivity contribution is -0.140. The van der Waals surface area contributed by atoms with Crippen molar-refractivity contribution in [2.75, 3.05) is 12.3 Å². The smallest absolute Gasteiger partial charge is 0.239 e. The fraction of sp³-hybridized carbons (Fsp3) is 0.385. The Labute approximate surface area is 110 Å². The minimum Gasteiger partial charge on any atom is -0.392 e. The van der Waals surface area contributed by atoms with Crippen LogP contribution < -0.4 is 0 Å². The van der Waals surface area contributed by atoms with Crippen molar-refractivity contribution in [3.05, 3.63) is 29.8 Å². The Morgan fingerprint density at radius 1 is 1.33 bits per heavy atom. The van der Waals surface area contributed by atoms with Crippen LogP contribution in [-0.2, 0) is 16.2 Å². The lowest BCUT2D eigenvalue weighted by Crippen LogP contribution is -2.33. The number of hydrogen-bond acceptors (Lipinski definition) is 4. The standard InChI is InChI=1S/C13H15NO3S/c15-8-10-3-5-11(6-4-10)18-9-13(17)14-7-1-2-12(14)16/h3-6,15H,1-2,7-9H2. The van der Waals surface area contributed by atoms with Gasteiger partial charge in [0, 0.05) is 17.9 Å². The number of carbonyl (C=O) groups excluding carboxylic acids is 2. The van der Waals surface area contributed by atoms with Crippen molar-refractivity contribution in [2.24, 2.45) is 0 Å². The number of imide groups is 1. The van der Waals surface area contributed by atoms with Crippen LogP contribution in [0.1, 0.15) is 18.4 Å². The highest BCUT2D eigenvalue weighted by atomic mass is 32.2. The summed E-state index contributed by atoms with van der Waals surface area (Å²) in [5.74, 6) is 0.106. The molecular weight excluding hydrogens is 250 g/mol. The molecule has 0 bridgehead atoms. The summed E-state index contributed by atoms with van der Waals surface area (Å²) in [4.78, 5) is 25.5. The molecule has 0 saturated carbocycles. The normalized spacial score (nSPS) is 15.2. The minimum absolute atomic E-state index is 0.0200. The van der Waals surface area contributed by atoms with Crippen LogP contribution in [-0.4, -0.2) is 34.1 Å². The van der Waals surface area contributed by atoms with Crippen molar-refractivity contribution in [3.63, 3.8) is 0 Å². The summed E-state index contributed by atoms with van der Waals surface area (Å²) in [5, 5.41) is 8.91. The Balaban J connectivity index is 1.86. The molecule has 1 fully saturated rings. The molecule has 1 aliphatic rings. The molecule has 1 saturated heterocycles. The molecule has 1 aromatic carbocycles. The summed E-state index contributed by atoms with van der Waals surface area (Å²) in [6, 6.07) is 7.40. The van der Waals surface area contributed by atoms with Gasteiger partial charge < -0.3 is 5.11 Å². The molecule has 4 nitrogen and oxygen atoms in total. The maximum absolute atomic E-state index is 11.8. The number of hydrogen-bond donors (Lipinski definition) is 1. The monoisotopic (exact) mass is 265 g/mol. The third-order valence-electron chi connectivity index (χ3n) is 2.84. The summed E-state index contributed by atoms with van der Waals surface area (Å²) in [5.41, 5.74) is 0.848. The number of likely N-dealkylation sites (tertiary alicyclic amines) is 1. The number of benzene rings is 1. The molecule has 0 spiro atoms. The number of rotatable bonds is 4. The average Bonchev–Trinajstić information content (AvgIpc) is 2.83. The van der Waals surface area contributed by atoms with Gasteiger partial charge in [-0.15, -0.1) is 11.8 Å². The predicted octanol–water partition coefficient (Wildman–Crippen LogP) is 1.42. The first kappa shape index (κ1) is 13.1. The Bertz CT molecular complexity index is 444. The van der Waals surface area contributed by atoms with Gasteiger partial charge in [-0.3, -0.25) is 14.5 Å². The molecule has 2 amide bonds. The van der Waals surface area contributed by atoms with Gasteiger partial charge in [-0.2, -0.15) is 0 Å². The molecule has 2 rings (SSSR count). The van der Waals surface area contributed by atoms with Gasteiger partial charge >= 0.3 is 0 Å². The Kier molecular flexibility index (Phi) is 4.38. The third-order valence-corrected chi connectivity index (χ3v) is 3.84. The summed E-state index contributed by atoms with van der Waals surface area (Å²) >= 11 is 1.41. The largest absolute Gasteiger partial charge is 0.392 e. The van der Waals surface area contributed by atoms with Crippen LogP contribution in [0, 0.1) is 0 Å². The molecule has 5 heteroatoms. The van der Waals surface area contributed by atoms with E-state index in [1.54, 1.807) is 0 Å². The molecule has 1 heterocycles. The molecule has 96 valence electrons. The lowest BCUT2D eigenvalue weighted by Gasteiger charge is -2.12. The van der Waals surface area contributed by atoms with Crippen molar-refractivity contribution >= 4 is 23.6 Å². The highest BCUT2D eigenvalue weighted by Gasteiger charge is 2.25. The molecule has 0 radical (unpaired) electrons. The van der Waals surface area contributed by atoms with Gasteiger partial charge in [0.15, 0.2) is 0 Å². The molecule has 1 aromatic rings. The number of thioether (sulfide) groups is 1. The fourth-order valence-electron chi connectivity index (χ4n) is 1.83. The molecule has 1 aliphatic heterocycles. The quantitative estimate of drug-likeness (QED) is 0.837. The van der Waals surface area contributed by atoms with E-state index in [1.807, 2.05) is 24.3 Å². The number of amides is 2.